The second-order valence-corrected chi connectivity index (χ2v) is 15.3. The third-order valence-electron chi connectivity index (χ3n) is 12.3. The number of fused-ring (bicyclic) bond motifs is 9. The second-order valence-electron chi connectivity index (χ2n) is 15.3. The fraction of sp³-hybridized carbons (Fsp3) is 0.0370. The molecule has 0 saturated heterocycles. The molecule has 268 valence electrons. The van der Waals surface area contributed by atoms with Crippen LogP contribution in [0.5, 0.6) is 0 Å². The first kappa shape index (κ1) is 31.9. The molecule has 12 rings (SSSR count). The van der Waals surface area contributed by atoms with Crippen molar-refractivity contribution in [3.8, 4) is 33.6 Å². The van der Waals surface area contributed by atoms with Gasteiger partial charge in [0.25, 0.3) is 0 Å². The lowest BCUT2D eigenvalue weighted by atomic mass is 9.91. The maximum Gasteiger partial charge on any atom is 0.0629 e. The van der Waals surface area contributed by atoms with E-state index >= 15 is 0 Å². The van der Waals surface area contributed by atoms with Gasteiger partial charge in [0.05, 0.1) is 28.1 Å². The molecule has 2 unspecified atom stereocenters. The molecule has 8 aromatic carbocycles. The Morgan fingerprint density at radius 2 is 0.807 bits per heavy atom. The zero-order valence-electron chi connectivity index (χ0n) is 31.2. The summed E-state index contributed by atoms with van der Waals surface area (Å²) >= 11 is 0. The van der Waals surface area contributed by atoms with Gasteiger partial charge >= 0.3 is 0 Å². The van der Waals surface area contributed by atoms with Gasteiger partial charge in [-0.2, -0.15) is 0 Å². The van der Waals surface area contributed by atoms with Crippen molar-refractivity contribution in [2.24, 2.45) is 0 Å². The summed E-state index contributed by atoms with van der Waals surface area (Å²) in [7, 11) is 0. The van der Waals surface area contributed by atoms with Crippen LogP contribution in [0.3, 0.4) is 0 Å². The van der Waals surface area contributed by atoms with Crippen LogP contribution in [0.4, 0.5) is 11.4 Å². The lowest BCUT2D eigenvalue weighted by Crippen LogP contribution is -2.28. The average molecular weight is 728 g/mol. The van der Waals surface area contributed by atoms with Gasteiger partial charge in [0, 0.05) is 50.2 Å². The zero-order chi connectivity index (χ0) is 37.5. The topological polar surface area (TPSA) is 13.1 Å². The van der Waals surface area contributed by atoms with Gasteiger partial charge in [-0.3, -0.25) is 0 Å². The Balaban J connectivity index is 0.948. The van der Waals surface area contributed by atoms with E-state index in [1.807, 2.05) is 0 Å². The van der Waals surface area contributed by atoms with Crippen LogP contribution in [0, 0.1) is 0 Å². The first-order chi connectivity index (χ1) is 28.3. The molecule has 1 aliphatic carbocycles. The van der Waals surface area contributed by atoms with Crippen molar-refractivity contribution in [3.63, 3.8) is 0 Å². The highest BCUT2D eigenvalue weighted by molar-refractivity contribution is 6.12. The molecule has 0 saturated carbocycles. The van der Waals surface area contributed by atoms with Gasteiger partial charge in [0.15, 0.2) is 0 Å². The molecule has 3 heterocycles. The van der Waals surface area contributed by atoms with Gasteiger partial charge in [0.1, 0.15) is 0 Å². The summed E-state index contributed by atoms with van der Waals surface area (Å²) in [6.07, 6.45) is 9.04. The van der Waals surface area contributed by atoms with Crippen LogP contribution in [-0.2, 0) is 0 Å². The highest BCUT2D eigenvalue weighted by Crippen LogP contribution is 2.48. The van der Waals surface area contributed by atoms with E-state index in [-0.39, 0.29) is 6.04 Å². The Labute approximate surface area is 331 Å². The molecule has 2 aliphatic rings. The summed E-state index contributed by atoms with van der Waals surface area (Å²) in [6, 6.07) is 69.4. The van der Waals surface area contributed by atoms with Gasteiger partial charge in [0.2, 0.25) is 0 Å². The third kappa shape index (κ3) is 4.92. The number of rotatable bonds is 5. The van der Waals surface area contributed by atoms with Gasteiger partial charge < -0.3 is 14.0 Å². The molecule has 2 atom stereocenters. The standard InChI is InChI=1S/C54H37N3/c1-2-12-40(13-3-1)55-53-32-26-38(36-22-28-41(29-23-36)56-49-18-8-4-14-43(49)44-15-5-9-19-50(44)56)34-47(53)48-35-39(27-33-54(48)55)37-24-30-42(31-25-37)57-51-20-10-6-16-45(51)46-17-7-11-21-52(46)57/h1-35,43,49H. The van der Waals surface area contributed by atoms with Crippen molar-refractivity contribution in [1.82, 2.24) is 9.13 Å². The molecule has 0 spiro atoms. The average Bonchev–Trinajstić information content (AvgIpc) is 3.92. The fourth-order valence-corrected chi connectivity index (χ4v) is 9.65. The summed E-state index contributed by atoms with van der Waals surface area (Å²) in [5.74, 6) is 0.373. The first-order valence-electron chi connectivity index (χ1n) is 19.8. The summed E-state index contributed by atoms with van der Waals surface area (Å²) < 4.78 is 4.78. The molecule has 3 heteroatoms. The van der Waals surface area contributed by atoms with E-state index in [1.165, 1.54) is 82.8 Å². The van der Waals surface area contributed by atoms with Gasteiger partial charge in [-0.1, -0.05) is 133 Å². The minimum absolute atomic E-state index is 0.290. The number of aromatic nitrogens is 2. The maximum absolute atomic E-state index is 2.50. The van der Waals surface area contributed by atoms with E-state index in [2.05, 4.69) is 226 Å². The first-order valence-corrected chi connectivity index (χ1v) is 19.8. The van der Waals surface area contributed by atoms with E-state index in [1.54, 1.807) is 0 Å². The molecule has 0 amide bonds. The summed E-state index contributed by atoms with van der Waals surface area (Å²) in [5, 5.41) is 5.04. The minimum atomic E-state index is 0.290. The molecule has 1 aliphatic heterocycles. The lowest BCUT2D eigenvalue weighted by molar-refractivity contribution is 0.745. The molecule has 3 nitrogen and oxygen atoms in total. The van der Waals surface area contributed by atoms with Crippen LogP contribution in [0.15, 0.2) is 212 Å². The van der Waals surface area contributed by atoms with Crippen molar-refractivity contribution >= 4 is 55.0 Å². The van der Waals surface area contributed by atoms with Crippen LogP contribution < -0.4 is 4.90 Å². The van der Waals surface area contributed by atoms with Crippen molar-refractivity contribution < 1.29 is 0 Å². The SMILES string of the molecule is C1=CC2c3ccccc3N(c3ccc(-c4ccc5c(c4)c4cc(-c6ccc(-n7c8ccccc8c8ccccc87)cc6)ccc4n5-c4ccccc4)cc3)C2C=C1. The van der Waals surface area contributed by atoms with Crippen LogP contribution in [-0.4, -0.2) is 15.2 Å². The molecule has 0 radical (unpaired) electrons. The molecule has 0 bridgehead atoms. The second kappa shape index (κ2) is 12.6. The smallest absolute Gasteiger partial charge is 0.0629 e. The predicted molar refractivity (Wildman–Crippen MR) is 239 cm³/mol. The predicted octanol–water partition coefficient (Wildman–Crippen LogP) is 13.9. The fourth-order valence-electron chi connectivity index (χ4n) is 9.65. The Kier molecular flexibility index (Phi) is 7.05. The van der Waals surface area contributed by atoms with Gasteiger partial charge in [-0.05, 0) is 107 Å². The van der Waals surface area contributed by atoms with Gasteiger partial charge in [-0.15, -0.1) is 0 Å². The van der Waals surface area contributed by atoms with Crippen LogP contribution >= 0.6 is 0 Å². The molecule has 0 fully saturated rings. The quantitative estimate of drug-likeness (QED) is 0.172. The van der Waals surface area contributed by atoms with E-state index in [9.17, 15) is 0 Å². The number of benzene rings is 8. The van der Waals surface area contributed by atoms with Crippen molar-refractivity contribution in [3.05, 3.63) is 218 Å². The Morgan fingerprint density at radius 1 is 0.333 bits per heavy atom. The molecular weight excluding hydrogens is 691 g/mol. The monoisotopic (exact) mass is 727 g/mol. The number of hydrogen-bond acceptors (Lipinski definition) is 1. The Hall–Kier alpha value is -7.36. The number of nitrogens with zero attached hydrogens (tertiary/aromatic N) is 3. The number of allylic oxidation sites excluding steroid dienone is 2. The van der Waals surface area contributed by atoms with Crippen LogP contribution in [0.25, 0.3) is 77.2 Å². The summed E-state index contributed by atoms with van der Waals surface area (Å²) in [5.41, 5.74) is 15.9. The minimum Gasteiger partial charge on any atom is -0.333 e. The molecule has 0 N–H and O–H groups in total. The number of hydrogen-bond donors (Lipinski definition) is 0. The molecule has 2 aromatic heterocycles. The van der Waals surface area contributed by atoms with Crippen LogP contribution in [0.1, 0.15) is 11.5 Å². The van der Waals surface area contributed by atoms with E-state index in [0.717, 1.165) is 11.4 Å². The summed E-state index contributed by atoms with van der Waals surface area (Å²) in [4.78, 5) is 2.50. The Bertz CT molecular complexity index is 3180. The number of para-hydroxylation sites is 4. The maximum atomic E-state index is 2.50. The number of anilines is 2. The van der Waals surface area contributed by atoms with Crippen LogP contribution in [0.2, 0.25) is 0 Å². The Morgan fingerprint density at radius 3 is 1.44 bits per heavy atom. The van der Waals surface area contributed by atoms with E-state index in [0.29, 0.717) is 5.92 Å². The molecular formula is C54H37N3. The normalized spacial score (nSPS) is 15.9. The van der Waals surface area contributed by atoms with Crippen molar-refractivity contribution in [1.29, 1.82) is 0 Å². The van der Waals surface area contributed by atoms with E-state index in [4.69, 9.17) is 0 Å². The molecule has 57 heavy (non-hydrogen) atoms. The lowest BCUT2D eigenvalue weighted by Gasteiger charge is -2.28. The van der Waals surface area contributed by atoms with E-state index < -0.39 is 0 Å². The van der Waals surface area contributed by atoms with Crippen molar-refractivity contribution in [2.45, 2.75) is 12.0 Å². The highest BCUT2D eigenvalue weighted by atomic mass is 15.2. The molecule has 10 aromatic rings. The highest BCUT2D eigenvalue weighted by Gasteiger charge is 2.36. The summed E-state index contributed by atoms with van der Waals surface area (Å²) in [6.45, 7) is 0. The largest absolute Gasteiger partial charge is 0.333 e. The third-order valence-corrected chi connectivity index (χ3v) is 12.3. The van der Waals surface area contributed by atoms with Crippen molar-refractivity contribution in [2.75, 3.05) is 4.90 Å². The van der Waals surface area contributed by atoms with Gasteiger partial charge in [-0.25, -0.2) is 0 Å². The zero-order valence-corrected chi connectivity index (χ0v) is 31.2.